The average molecular weight is 394 g/mol. The van der Waals surface area contributed by atoms with Crippen molar-refractivity contribution in [2.45, 2.75) is 55.8 Å². The maximum absolute atomic E-state index is 2.61. The second kappa shape index (κ2) is 10.5. The van der Waals surface area contributed by atoms with Gasteiger partial charge in [0.2, 0.25) is 0 Å². The van der Waals surface area contributed by atoms with Crippen molar-refractivity contribution < 1.29 is 0 Å². The van der Waals surface area contributed by atoms with Crippen molar-refractivity contribution >= 4 is 45.2 Å². The Kier molecular flexibility index (Phi) is 11.8. The Morgan fingerprint density at radius 2 is 1.67 bits per heavy atom. The van der Waals surface area contributed by atoms with E-state index in [1.165, 1.54) is 49.4 Å². The highest BCUT2D eigenvalue weighted by Gasteiger charge is 2.02. The lowest BCUT2D eigenvalue weighted by molar-refractivity contribution is 0.607. The summed E-state index contributed by atoms with van der Waals surface area (Å²) in [6.07, 6.45) is 9.95. The van der Waals surface area contributed by atoms with Gasteiger partial charge in [-0.25, -0.2) is 0 Å². The molecule has 0 aromatic heterocycles. The highest BCUT2D eigenvalue weighted by Crippen LogP contribution is 2.17. The summed E-state index contributed by atoms with van der Waals surface area (Å²) < 4.78 is 2.26. The fourth-order valence-electron chi connectivity index (χ4n) is 1.24. The molecule has 0 heterocycles. The van der Waals surface area contributed by atoms with Crippen molar-refractivity contribution in [3.05, 3.63) is 0 Å². The van der Waals surface area contributed by atoms with Gasteiger partial charge in [0, 0.05) is 3.92 Å². The fraction of sp³-hybridized carbons (Fsp3) is 1.00. The largest absolute Gasteiger partial charge is 0.0864 e. The summed E-state index contributed by atoms with van der Waals surface area (Å²) in [4.78, 5) is 0. The van der Waals surface area contributed by atoms with Gasteiger partial charge in [0.1, 0.15) is 0 Å². The molecule has 0 amide bonds. The molecular formula is C10H20I2. The lowest BCUT2D eigenvalue weighted by Crippen LogP contribution is -1.97. The van der Waals surface area contributed by atoms with E-state index in [1.54, 1.807) is 0 Å². The van der Waals surface area contributed by atoms with E-state index in [1.807, 2.05) is 0 Å². The first-order valence-corrected chi connectivity index (χ1v) is 7.78. The zero-order valence-electron chi connectivity index (χ0n) is 7.99. The first kappa shape index (κ1) is 13.5. The van der Waals surface area contributed by atoms with Gasteiger partial charge in [-0.3, -0.25) is 0 Å². The van der Waals surface area contributed by atoms with Gasteiger partial charge < -0.3 is 0 Å². The normalized spacial score (nSPS) is 13.2. The van der Waals surface area contributed by atoms with E-state index in [0.717, 1.165) is 3.92 Å². The molecule has 0 aliphatic carbocycles. The summed E-state index contributed by atoms with van der Waals surface area (Å²) in [7, 11) is 0. The second-order valence-electron chi connectivity index (χ2n) is 3.28. The molecule has 2 heteroatoms. The minimum Gasteiger partial charge on any atom is -0.0864 e. The van der Waals surface area contributed by atoms with Crippen LogP contribution in [0.2, 0.25) is 0 Å². The quantitative estimate of drug-likeness (QED) is 0.310. The van der Waals surface area contributed by atoms with Crippen LogP contribution in [0.5, 0.6) is 0 Å². The molecule has 0 radical (unpaired) electrons. The van der Waals surface area contributed by atoms with Crippen LogP contribution < -0.4 is 0 Å². The Hall–Kier alpha value is 1.46. The van der Waals surface area contributed by atoms with Crippen LogP contribution in [-0.2, 0) is 0 Å². The molecule has 0 bridgehead atoms. The molecule has 0 aliphatic heterocycles. The molecule has 0 spiro atoms. The number of rotatable bonds is 8. The Morgan fingerprint density at radius 3 is 2.25 bits per heavy atom. The Labute approximate surface area is 105 Å². The van der Waals surface area contributed by atoms with Gasteiger partial charge >= 0.3 is 0 Å². The fourth-order valence-corrected chi connectivity index (χ4v) is 2.56. The molecule has 0 aromatic rings. The van der Waals surface area contributed by atoms with E-state index in [0.29, 0.717) is 0 Å². The van der Waals surface area contributed by atoms with Gasteiger partial charge in [-0.1, -0.05) is 77.8 Å². The summed E-state index contributed by atoms with van der Waals surface area (Å²) in [5.41, 5.74) is 0. The lowest BCUT2D eigenvalue weighted by Gasteiger charge is -2.07. The number of unbranched alkanes of at least 4 members (excludes halogenated alkanes) is 3. The summed E-state index contributed by atoms with van der Waals surface area (Å²) in [5.74, 6) is 0. The number of hydrogen-bond acceptors (Lipinski definition) is 0. The van der Waals surface area contributed by atoms with Gasteiger partial charge in [-0.15, -0.1) is 0 Å². The summed E-state index contributed by atoms with van der Waals surface area (Å²) >= 11 is 5.08. The Morgan fingerprint density at radius 1 is 1.00 bits per heavy atom. The van der Waals surface area contributed by atoms with Crippen LogP contribution >= 0.6 is 45.2 Å². The summed E-state index contributed by atoms with van der Waals surface area (Å²) in [5, 5.41) is 0. The minimum absolute atomic E-state index is 0.939. The molecule has 12 heavy (non-hydrogen) atoms. The van der Waals surface area contributed by atoms with Crippen LogP contribution in [-0.4, -0.2) is 8.35 Å². The van der Waals surface area contributed by atoms with Crippen molar-refractivity contribution in [1.29, 1.82) is 0 Å². The van der Waals surface area contributed by atoms with E-state index in [2.05, 4.69) is 52.1 Å². The van der Waals surface area contributed by atoms with Gasteiger partial charge in [0.15, 0.2) is 0 Å². The SMILES string of the molecule is CCCCCCC(I)CCCI. The smallest absolute Gasteiger partial charge is 0.0110 e. The van der Waals surface area contributed by atoms with E-state index < -0.39 is 0 Å². The van der Waals surface area contributed by atoms with E-state index in [-0.39, 0.29) is 0 Å². The molecule has 0 nitrogen and oxygen atoms in total. The first-order valence-electron chi connectivity index (χ1n) is 5.01. The monoisotopic (exact) mass is 394 g/mol. The molecule has 0 fully saturated rings. The van der Waals surface area contributed by atoms with E-state index >= 15 is 0 Å². The molecule has 74 valence electrons. The molecule has 0 N–H and O–H groups in total. The number of alkyl halides is 2. The number of halogens is 2. The molecular weight excluding hydrogens is 374 g/mol. The molecule has 0 aromatic carbocycles. The average Bonchev–Trinajstić information content (AvgIpc) is 2.09. The van der Waals surface area contributed by atoms with Gasteiger partial charge in [0.05, 0.1) is 0 Å². The molecule has 0 aliphatic rings. The van der Waals surface area contributed by atoms with Crippen LogP contribution in [0.3, 0.4) is 0 Å². The zero-order valence-corrected chi connectivity index (χ0v) is 12.3. The lowest BCUT2D eigenvalue weighted by atomic mass is 10.1. The van der Waals surface area contributed by atoms with Gasteiger partial charge in [-0.2, -0.15) is 0 Å². The van der Waals surface area contributed by atoms with Gasteiger partial charge in [0.25, 0.3) is 0 Å². The second-order valence-corrected chi connectivity index (χ2v) is 6.12. The molecule has 0 saturated heterocycles. The van der Waals surface area contributed by atoms with Crippen LogP contribution in [0.25, 0.3) is 0 Å². The van der Waals surface area contributed by atoms with Crippen LogP contribution in [0.15, 0.2) is 0 Å². The zero-order chi connectivity index (χ0) is 9.23. The van der Waals surface area contributed by atoms with Crippen LogP contribution in [0.4, 0.5) is 0 Å². The molecule has 0 rings (SSSR count). The van der Waals surface area contributed by atoms with E-state index in [4.69, 9.17) is 0 Å². The third-order valence-electron chi connectivity index (χ3n) is 2.02. The summed E-state index contributed by atoms with van der Waals surface area (Å²) in [6, 6.07) is 0. The third kappa shape index (κ3) is 9.55. The molecule has 1 atom stereocenters. The predicted octanol–water partition coefficient (Wildman–Crippen LogP) is 4.98. The van der Waals surface area contributed by atoms with E-state index in [9.17, 15) is 0 Å². The summed E-state index contributed by atoms with van der Waals surface area (Å²) in [6.45, 7) is 2.28. The highest BCUT2D eigenvalue weighted by atomic mass is 127. The maximum atomic E-state index is 2.61. The van der Waals surface area contributed by atoms with Crippen molar-refractivity contribution in [3.63, 3.8) is 0 Å². The molecule has 1 unspecified atom stereocenters. The topological polar surface area (TPSA) is 0 Å². The number of hydrogen-bond donors (Lipinski definition) is 0. The predicted molar refractivity (Wildman–Crippen MR) is 74.7 cm³/mol. The van der Waals surface area contributed by atoms with Crippen molar-refractivity contribution in [2.75, 3.05) is 4.43 Å². The maximum Gasteiger partial charge on any atom is 0.0110 e. The standard InChI is InChI=1S/C10H20I2/c1-2-3-4-5-7-10(12)8-6-9-11/h10H,2-9H2,1H3. The van der Waals surface area contributed by atoms with Crippen molar-refractivity contribution in [3.8, 4) is 0 Å². The Bertz CT molecular complexity index is 83.9. The van der Waals surface area contributed by atoms with Crippen LogP contribution in [0, 0.1) is 0 Å². The van der Waals surface area contributed by atoms with Crippen LogP contribution in [0.1, 0.15) is 51.9 Å². The van der Waals surface area contributed by atoms with Gasteiger partial charge in [-0.05, 0) is 23.7 Å². The first-order chi connectivity index (χ1) is 5.81. The van der Waals surface area contributed by atoms with Crippen molar-refractivity contribution in [2.24, 2.45) is 0 Å². The third-order valence-corrected chi connectivity index (χ3v) is 4.03. The Balaban J connectivity index is 3.02. The minimum atomic E-state index is 0.939. The highest BCUT2D eigenvalue weighted by molar-refractivity contribution is 14.1. The molecule has 0 saturated carbocycles. The van der Waals surface area contributed by atoms with Crippen molar-refractivity contribution in [1.82, 2.24) is 0 Å².